The molecule has 0 saturated heterocycles. The molecule has 2 unspecified atom stereocenters. The largest absolute Gasteiger partial charge is 0.353 e. The van der Waals surface area contributed by atoms with Crippen LogP contribution in [0, 0.1) is 16.0 Å². The molecule has 3 aliphatic heterocycles. The summed E-state index contributed by atoms with van der Waals surface area (Å²) in [5, 5.41) is 14.4. The van der Waals surface area contributed by atoms with Crippen LogP contribution in [0.3, 0.4) is 0 Å². The number of benzene rings is 1. The van der Waals surface area contributed by atoms with E-state index in [2.05, 4.69) is 15.3 Å². The Labute approximate surface area is 145 Å². The van der Waals surface area contributed by atoms with Gasteiger partial charge < -0.3 is 5.32 Å². The fourth-order valence-corrected chi connectivity index (χ4v) is 3.81. The average Bonchev–Trinajstić information content (AvgIpc) is 2.99. The first kappa shape index (κ1) is 15.0. The number of rotatable bonds is 2. The van der Waals surface area contributed by atoms with Gasteiger partial charge in [0.1, 0.15) is 11.8 Å². The van der Waals surface area contributed by atoms with E-state index in [1.54, 1.807) is 0 Å². The Kier molecular flexibility index (Phi) is 3.43. The molecule has 2 atom stereocenters. The van der Waals surface area contributed by atoms with Crippen molar-refractivity contribution in [1.29, 1.82) is 0 Å². The zero-order chi connectivity index (χ0) is 16.8. The number of amides is 1. The van der Waals surface area contributed by atoms with E-state index in [1.165, 1.54) is 11.1 Å². The van der Waals surface area contributed by atoms with E-state index in [1.807, 2.05) is 30.3 Å². The zero-order valence-corrected chi connectivity index (χ0v) is 13.6. The van der Waals surface area contributed by atoms with Gasteiger partial charge in [-0.05, 0) is 17.8 Å². The molecule has 0 fully saturated rings. The van der Waals surface area contributed by atoms with Gasteiger partial charge in [0.15, 0.2) is 10.3 Å². The lowest BCUT2D eigenvalue weighted by molar-refractivity contribution is -0.410. The molecule has 1 N–H and O–H groups in total. The van der Waals surface area contributed by atoms with Crippen molar-refractivity contribution >= 4 is 46.0 Å². The number of aliphatic imine (C=N–C) groups is 2. The predicted molar refractivity (Wildman–Crippen MR) is 92.8 cm³/mol. The summed E-state index contributed by atoms with van der Waals surface area (Å²) in [7, 11) is 0. The molecule has 3 heterocycles. The summed E-state index contributed by atoms with van der Waals surface area (Å²) in [6, 6.07) is 8.96. The van der Waals surface area contributed by atoms with E-state index < -0.39 is 22.8 Å². The van der Waals surface area contributed by atoms with Crippen LogP contribution < -0.4 is 5.32 Å². The van der Waals surface area contributed by atoms with Gasteiger partial charge >= 0.3 is 5.03 Å². The van der Waals surface area contributed by atoms with Crippen molar-refractivity contribution < 1.29 is 9.72 Å². The third kappa shape index (κ3) is 2.31. The normalized spacial score (nSPS) is 25.2. The number of nitrogens with zero attached hydrogens (tertiary/aromatic N) is 4. The van der Waals surface area contributed by atoms with E-state index in [9.17, 15) is 14.9 Å². The van der Waals surface area contributed by atoms with E-state index in [0.717, 1.165) is 17.3 Å². The number of nitro groups is 1. The van der Waals surface area contributed by atoms with Crippen LogP contribution in [0.5, 0.6) is 0 Å². The van der Waals surface area contributed by atoms with Gasteiger partial charge in [-0.25, -0.2) is 4.99 Å². The fraction of sp³-hybridized carbons (Fsp3) is 0.143. The van der Waals surface area contributed by atoms with Crippen molar-refractivity contribution in [3.05, 3.63) is 57.2 Å². The van der Waals surface area contributed by atoms with Crippen LogP contribution in [0.25, 0.3) is 0 Å². The Morgan fingerprint density at radius 1 is 1.29 bits per heavy atom. The second-order valence-electron chi connectivity index (χ2n) is 5.21. The van der Waals surface area contributed by atoms with Gasteiger partial charge in [-0.2, -0.15) is 4.99 Å². The quantitative estimate of drug-likeness (QED) is 0.487. The highest BCUT2D eigenvalue weighted by Crippen LogP contribution is 2.38. The Bertz CT molecular complexity index is 864. The van der Waals surface area contributed by atoms with Crippen molar-refractivity contribution in [1.82, 2.24) is 10.2 Å². The van der Waals surface area contributed by atoms with Crippen molar-refractivity contribution in [3.8, 4) is 0 Å². The molecule has 0 aromatic heterocycles. The minimum atomic E-state index is -0.689. The molecule has 0 spiro atoms. The molecule has 10 heteroatoms. The Morgan fingerprint density at radius 2 is 2.04 bits per heavy atom. The minimum Gasteiger partial charge on any atom is -0.353 e. The molecule has 24 heavy (non-hydrogen) atoms. The van der Waals surface area contributed by atoms with Crippen LogP contribution in [0.2, 0.25) is 0 Å². The number of thioether (sulfide) groups is 1. The number of amidine groups is 2. The van der Waals surface area contributed by atoms with Gasteiger partial charge in [0, 0.05) is 11.8 Å². The molecule has 0 aliphatic carbocycles. The Balaban J connectivity index is 1.81. The lowest BCUT2D eigenvalue weighted by Crippen LogP contribution is -2.52. The molecular formula is C14H9N5O3S2. The van der Waals surface area contributed by atoms with Crippen molar-refractivity contribution in [3.63, 3.8) is 0 Å². The van der Waals surface area contributed by atoms with Crippen LogP contribution in [0.15, 0.2) is 51.5 Å². The van der Waals surface area contributed by atoms with E-state index in [0.29, 0.717) is 5.84 Å². The molecule has 8 nitrogen and oxygen atoms in total. The highest BCUT2D eigenvalue weighted by Gasteiger charge is 2.47. The maximum Gasteiger partial charge on any atom is 0.327 e. The second kappa shape index (κ2) is 5.49. The van der Waals surface area contributed by atoms with Crippen molar-refractivity contribution in [2.75, 3.05) is 0 Å². The summed E-state index contributed by atoms with van der Waals surface area (Å²) < 4.78 is 0. The second-order valence-corrected chi connectivity index (χ2v) is 6.59. The van der Waals surface area contributed by atoms with Gasteiger partial charge in [-0.3, -0.25) is 19.8 Å². The number of nitrogens with one attached hydrogen (secondary N) is 1. The zero-order valence-electron chi connectivity index (χ0n) is 11.9. The van der Waals surface area contributed by atoms with Crippen LogP contribution in [-0.2, 0) is 4.79 Å². The van der Waals surface area contributed by atoms with Gasteiger partial charge in [-0.1, -0.05) is 30.3 Å². The number of hydrogen-bond donors (Lipinski definition) is 1. The lowest BCUT2D eigenvalue weighted by Gasteiger charge is -2.36. The lowest BCUT2D eigenvalue weighted by atomic mass is 9.89. The number of carbonyl (C=O) groups excluding carboxylic acids is 1. The Hall–Kier alpha value is -2.59. The van der Waals surface area contributed by atoms with Crippen LogP contribution in [-0.4, -0.2) is 31.8 Å². The maximum atomic E-state index is 12.6. The number of carbonyl (C=O) groups is 1. The topological polar surface area (TPSA) is 100 Å². The summed E-state index contributed by atoms with van der Waals surface area (Å²) >= 11 is 6.03. The predicted octanol–water partition coefficient (Wildman–Crippen LogP) is 1.65. The van der Waals surface area contributed by atoms with Gasteiger partial charge in [0.25, 0.3) is 5.91 Å². The third-order valence-corrected chi connectivity index (χ3v) is 4.95. The van der Waals surface area contributed by atoms with Crippen LogP contribution in [0.4, 0.5) is 0 Å². The molecule has 4 rings (SSSR count). The number of hydrogen-bond acceptors (Lipinski definition) is 6. The maximum absolute atomic E-state index is 12.6. The van der Waals surface area contributed by atoms with E-state index in [-0.39, 0.29) is 15.3 Å². The molecular weight excluding hydrogens is 350 g/mol. The summed E-state index contributed by atoms with van der Waals surface area (Å²) in [6.07, 6.45) is 1.33. The first-order valence-electron chi connectivity index (χ1n) is 6.94. The molecule has 0 bridgehead atoms. The molecule has 1 aromatic rings. The fourth-order valence-electron chi connectivity index (χ4n) is 2.79. The molecule has 0 radical (unpaired) electrons. The monoisotopic (exact) mass is 359 g/mol. The number of fused-ring (bicyclic) bond motifs is 3. The van der Waals surface area contributed by atoms with Crippen molar-refractivity contribution in [2.45, 2.75) is 6.04 Å². The molecule has 0 saturated carbocycles. The summed E-state index contributed by atoms with van der Waals surface area (Å²) in [5.41, 5.74) is 0.870. The summed E-state index contributed by atoms with van der Waals surface area (Å²) in [6.45, 7) is 0. The number of thiocarbonyl (C=S) groups is 1. The first-order chi connectivity index (χ1) is 11.5. The van der Waals surface area contributed by atoms with Gasteiger partial charge in [0.05, 0.1) is 17.2 Å². The van der Waals surface area contributed by atoms with Gasteiger partial charge in [0.2, 0.25) is 0 Å². The van der Waals surface area contributed by atoms with Crippen LogP contribution >= 0.6 is 24.0 Å². The standard InChI is InChI=1S/C14H9N5O3S2/c20-12-9-10(7-4-2-1-3-5-7)15-13(23)16-11(9)18-6-8(19(21)22)24-14(18)17-12/h1-6,9-10H,(H,15,23). The highest BCUT2D eigenvalue weighted by atomic mass is 32.2. The van der Waals surface area contributed by atoms with E-state index >= 15 is 0 Å². The third-order valence-electron chi connectivity index (χ3n) is 3.81. The summed E-state index contributed by atoms with van der Waals surface area (Å²) in [4.78, 5) is 32.8. The van der Waals surface area contributed by atoms with Gasteiger partial charge in [-0.15, -0.1) is 0 Å². The Morgan fingerprint density at radius 3 is 2.75 bits per heavy atom. The van der Waals surface area contributed by atoms with E-state index in [4.69, 9.17) is 12.2 Å². The highest BCUT2D eigenvalue weighted by molar-refractivity contribution is 8.17. The smallest absolute Gasteiger partial charge is 0.327 e. The molecule has 3 aliphatic rings. The molecule has 1 amide bonds. The van der Waals surface area contributed by atoms with Crippen molar-refractivity contribution in [2.24, 2.45) is 15.9 Å². The average molecular weight is 359 g/mol. The SMILES string of the molecule is O=C1N=C2SC([N+](=O)[O-])=CN2C2=NC(=S)NC(c3ccccc3)C12. The first-order valence-corrected chi connectivity index (χ1v) is 8.17. The molecule has 120 valence electrons. The van der Waals surface area contributed by atoms with Crippen LogP contribution in [0.1, 0.15) is 11.6 Å². The molecule has 1 aromatic carbocycles. The minimum absolute atomic E-state index is 0.106. The summed E-state index contributed by atoms with van der Waals surface area (Å²) in [5.74, 6) is -0.716.